The van der Waals surface area contributed by atoms with Gasteiger partial charge in [0.1, 0.15) is 5.82 Å². The van der Waals surface area contributed by atoms with Crippen LogP contribution in [-0.4, -0.2) is 11.9 Å². The molecule has 0 radical (unpaired) electrons. The highest BCUT2D eigenvalue weighted by atomic mass is 19.1. The minimum atomic E-state index is -0.530. The van der Waals surface area contributed by atoms with E-state index >= 15 is 0 Å². The maximum absolute atomic E-state index is 13.2. The summed E-state index contributed by atoms with van der Waals surface area (Å²) in [6, 6.07) is 13.5. The lowest BCUT2D eigenvalue weighted by atomic mass is 10.1. The van der Waals surface area contributed by atoms with Gasteiger partial charge in [-0.3, -0.25) is 0 Å². The number of aryl methyl sites for hydroxylation is 1. The number of benzene rings is 2. The van der Waals surface area contributed by atoms with E-state index in [0.717, 1.165) is 11.1 Å². The molecule has 2 aromatic rings. The number of ether oxygens (including phenoxy) is 1. The van der Waals surface area contributed by atoms with E-state index in [1.165, 1.54) is 18.2 Å². The first-order chi connectivity index (χ1) is 10.1. The summed E-state index contributed by atoms with van der Waals surface area (Å²) in [7, 11) is 0. The van der Waals surface area contributed by atoms with Crippen molar-refractivity contribution >= 4 is 17.9 Å². The third-order valence-electron chi connectivity index (χ3n) is 3.15. The van der Waals surface area contributed by atoms with Crippen molar-refractivity contribution in [2.75, 3.05) is 0 Å². The number of esters is 1. The zero-order chi connectivity index (χ0) is 14.8. The predicted octanol–water partition coefficient (Wildman–Crippen LogP) is 3.48. The fourth-order valence-electron chi connectivity index (χ4n) is 2.09. The number of carbonyl (C=O) groups excluding carboxylic acids is 1. The molecule has 0 fully saturated rings. The molecule has 104 valence electrons. The van der Waals surface area contributed by atoms with Gasteiger partial charge in [-0.15, -0.1) is 0 Å². The first kappa shape index (κ1) is 13.2. The molecule has 21 heavy (non-hydrogen) atoms. The van der Waals surface area contributed by atoms with Gasteiger partial charge in [-0.25, -0.2) is 14.2 Å². The first-order valence-corrected chi connectivity index (χ1v) is 6.47. The Kier molecular flexibility index (Phi) is 3.36. The average molecular weight is 281 g/mol. The second-order valence-electron chi connectivity index (χ2n) is 4.71. The summed E-state index contributed by atoms with van der Waals surface area (Å²) in [5, 5.41) is 0. The van der Waals surface area contributed by atoms with Crippen LogP contribution in [0.25, 0.3) is 6.08 Å². The van der Waals surface area contributed by atoms with E-state index in [4.69, 9.17) is 4.74 Å². The molecule has 1 aliphatic rings. The number of cyclic esters (lactones) is 1. The van der Waals surface area contributed by atoms with Gasteiger partial charge in [-0.2, -0.15) is 0 Å². The molecule has 1 heterocycles. The van der Waals surface area contributed by atoms with Crippen LogP contribution in [0.1, 0.15) is 16.7 Å². The second kappa shape index (κ2) is 5.32. The van der Waals surface area contributed by atoms with Gasteiger partial charge in [0.25, 0.3) is 0 Å². The van der Waals surface area contributed by atoms with Crippen LogP contribution in [0.5, 0.6) is 0 Å². The number of nitrogens with zero attached hydrogens (tertiary/aromatic N) is 1. The molecule has 0 aromatic heterocycles. The van der Waals surface area contributed by atoms with Gasteiger partial charge < -0.3 is 4.74 Å². The quantitative estimate of drug-likeness (QED) is 0.624. The number of hydrogen-bond donors (Lipinski definition) is 0. The predicted molar refractivity (Wildman–Crippen MR) is 78.2 cm³/mol. The Hall–Kier alpha value is -2.75. The summed E-state index contributed by atoms with van der Waals surface area (Å²) in [5.41, 5.74) is 2.47. The van der Waals surface area contributed by atoms with Crippen LogP contribution in [0.2, 0.25) is 0 Å². The Morgan fingerprint density at radius 2 is 1.95 bits per heavy atom. The lowest BCUT2D eigenvalue weighted by Gasteiger charge is -2.02. The fourth-order valence-corrected chi connectivity index (χ4v) is 2.09. The summed E-state index contributed by atoms with van der Waals surface area (Å²) < 4.78 is 18.3. The second-order valence-corrected chi connectivity index (χ2v) is 4.71. The fraction of sp³-hybridized carbons (Fsp3) is 0.0588. The van der Waals surface area contributed by atoms with E-state index in [-0.39, 0.29) is 17.4 Å². The summed E-state index contributed by atoms with van der Waals surface area (Å²) >= 11 is 0. The Labute approximate surface area is 121 Å². The molecular formula is C17H12FNO2. The van der Waals surface area contributed by atoms with E-state index in [0.29, 0.717) is 5.56 Å². The van der Waals surface area contributed by atoms with Crippen LogP contribution in [0.4, 0.5) is 4.39 Å². The summed E-state index contributed by atoms with van der Waals surface area (Å²) in [6.07, 6.45) is 1.51. The molecule has 1 aliphatic heterocycles. The normalized spacial score (nSPS) is 16.0. The smallest absolute Gasteiger partial charge is 0.363 e. The van der Waals surface area contributed by atoms with Gasteiger partial charge in [-0.1, -0.05) is 30.3 Å². The van der Waals surface area contributed by atoms with E-state index in [2.05, 4.69) is 4.99 Å². The molecule has 3 nitrogen and oxygen atoms in total. The lowest BCUT2D eigenvalue weighted by molar-refractivity contribution is -0.129. The number of aliphatic imine (C=N–C) groups is 1. The Bertz CT molecular complexity index is 778. The van der Waals surface area contributed by atoms with Gasteiger partial charge in [0.05, 0.1) is 0 Å². The monoisotopic (exact) mass is 281 g/mol. The highest BCUT2D eigenvalue weighted by Crippen LogP contribution is 2.21. The largest absolute Gasteiger partial charge is 0.402 e. The highest BCUT2D eigenvalue weighted by molar-refractivity contribution is 6.13. The third-order valence-corrected chi connectivity index (χ3v) is 3.15. The van der Waals surface area contributed by atoms with Gasteiger partial charge in [0.15, 0.2) is 5.70 Å². The van der Waals surface area contributed by atoms with E-state index in [1.807, 2.05) is 31.2 Å². The number of rotatable bonds is 2. The molecule has 0 unspecified atom stereocenters. The molecular weight excluding hydrogens is 269 g/mol. The molecule has 0 N–H and O–H groups in total. The van der Waals surface area contributed by atoms with Crippen molar-refractivity contribution in [2.24, 2.45) is 4.99 Å². The Morgan fingerprint density at radius 1 is 1.14 bits per heavy atom. The summed E-state index contributed by atoms with van der Waals surface area (Å²) in [6.45, 7) is 1.92. The van der Waals surface area contributed by atoms with E-state index in [1.54, 1.807) is 12.1 Å². The summed E-state index contributed by atoms with van der Waals surface area (Å²) in [4.78, 5) is 16.1. The van der Waals surface area contributed by atoms with Gasteiger partial charge in [0.2, 0.25) is 5.90 Å². The van der Waals surface area contributed by atoms with Gasteiger partial charge in [-0.05, 0) is 42.3 Å². The van der Waals surface area contributed by atoms with Crippen LogP contribution in [0.15, 0.2) is 59.2 Å². The minimum absolute atomic E-state index is 0.166. The molecule has 4 heteroatoms. The van der Waals surface area contributed by atoms with Crippen molar-refractivity contribution in [3.8, 4) is 0 Å². The molecule has 0 saturated carbocycles. The van der Waals surface area contributed by atoms with Crippen LogP contribution >= 0.6 is 0 Å². The van der Waals surface area contributed by atoms with Crippen molar-refractivity contribution in [3.63, 3.8) is 0 Å². The van der Waals surface area contributed by atoms with Crippen molar-refractivity contribution < 1.29 is 13.9 Å². The highest BCUT2D eigenvalue weighted by Gasteiger charge is 2.24. The Morgan fingerprint density at radius 3 is 2.71 bits per heavy atom. The van der Waals surface area contributed by atoms with Gasteiger partial charge >= 0.3 is 5.97 Å². The molecule has 0 atom stereocenters. The first-order valence-electron chi connectivity index (χ1n) is 6.47. The zero-order valence-electron chi connectivity index (χ0n) is 11.3. The van der Waals surface area contributed by atoms with Crippen molar-refractivity contribution in [2.45, 2.75) is 6.92 Å². The minimum Gasteiger partial charge on any atom is -0.402 e. The van der Waals surface area contributed by atoms with Crippen LogP contribution in [-0.2, 0) is 9.53 Å². The van der Waals surface area contributed by atoms with Crippen molar-refractivity contribution in [1.29, 1.82) is 0 Å². The Balaban J connectivity index is 1.98. The number of halogens is 1. The van der Waals surface area contributed by atoms with Crippen molar-refractivity contribution in [1.82, 2.24) is 0 Å². The molecule has 2 aromatic carbocycles. The molecule has 0 bridgehead atoms. The molecule has 3 rings (SSSR count). The topological polar surface area (TPSA) is 38.7 Å². The lowest BCUT2D eigenvalue weighted by Crippen LogP contribution is -2.06. The summed E-state index contributed by atoms with van der Waals surface area (Å²) in [5.74, 6) is -0.614. The standard InChI is InChI=1S/C17H12FNO2/c1-11-5-2-3-8-14(11)16-19-15(17(20)21-16)10-12-6-4-7-13(18)9-12/h2-10H,1H3. The maximum Gasteiger partial charge on any atom is 0.363 e. The number of hydrogen-bond acceptors (Lipinski definition) is 3. The van der Waals surface area contributed by atoms with E-state index in [9.17, 15) is 9.18 Å². The van der Waals surface area contributed by atoms with Crippen molar-refractivity contribution in [3.05, 3.63) is 76.7 Å². The van der Waals surface area contributed by atoms with Gasteiger partial charge in [0, 0.05) is 5.56 Å². The molecule has 0 saturated heterocycles. The molecule has 0 aliphatic carbocycles. The molecule has 0 spiro atoms. The third kappa shape index (κ3) is 2.74. The molecule has 0 amide bonds. The van der Waals surface area contributed by atoms with Crippen LogP contribution in [0.3, 0.4) is 0 Å². The zero-order valence-corrected chi connectivity index (χ0v) is 11.3. The maximum atomic E-state index is 13.2. The average Bonchev–Trinajstić information content (AvgIpc) is 2.80. The van der Waals surface area contributed by atoms with Crippen LogP contribution in [0, 0.1) is 12.7 Å². The van der Waals surface area contributed by atoms with Crippen LogP contribution < -0.4 is 0 Å². The number of carbonyl (C=O) groups is 1. The van der Waals surface area contributed by atoms with E-state index < -0.39 is 5.97 Å². The SMILES string of the molecule is Cc1ccccc1C1=NC(=Cc2cccc(F)c2)C(=O)O1.